The van der Waals surface area contributed by atoms with Gasteiger partial charge in [-0.3, -0.25) is 9.69 Å². The summed E-state index contributed by atoms with van der Waals surface area (Å²) in [6.07, 6.45) is 2.87. The van der Waals surface area contributed by atoms with Crippen LogP contribution in [0.4, 0.5) is 0 Å². The Labute approximate surface area is 127 Å². The zero-order chi connectivity index (χ0) is 15.1. The Kier molecular flexibility index (Phi) is 6.21. The number of benzene rings is 1. The van der Waals surface area contributed by atoms with Crippen LogP contribution in [0.1, 0.15) is 24.0 Å². The number of nitrogens with one attached hydrogen (secondary N) is 1. The molecule has 0 aromatic heterocycles. The number of amides is 1. The minimum Gasteiger partial charge on any atom is -0.396 e. The van der Waals surface area contributed by atoms with Crippen molar-refractivity contribution in [1.29, 1.82) is 0 Å². The third-order valence-corrected chi connectivity index (χ3v) is 4.31. The Balaban J connectivity index is 1.65. The number of aliphatic hydroxyl groups excluding tert-OH is 1. The highest BCUT2D eigenvalue weighted by molar-refractivity contribution is 5.78. The molecule has 0 radical (unpaired) electrons. The van der Waals surface area contributed by atoms with Crippen molar-refractivity contribution >= 4 is 5.91 Å². The highest BCUT2D eigenvalue weighted by Crippen LogP contribution is 2.15. The van der Waals surface area contributed by atoms with E-state index < -0.39 is 0 Å². The summed E-state index contributed by atoms with van der Waals surface area (Å²) in [6.45, 7) is 5.37. The Morgan fingerprint density at radius 2 is 2.05 bits per heavy atom. The second-order valence-electron chi connectivity index (χ2n) is 5.93. The van der Waals surface area contributed by atoms with E-state index in [0.717, 1.165) is 32.4 Å². The van der Waals surface area contributed by atoms with Gasteiger partial charge < -0.3 is 10.4 Å². The number of aliphatic hydroxyl groups is 1. The highest BCUT2D eigenvalue weighted by Gasteiger charge is 2.19. The van der Waals surface area contributed by atoms with E-state index >= 15 is 0 Å². The van der Waals surface area contributed by atoms with Crippen molar-refractivity contribution in [2.75, 3.05) is 32.8 Å². The molecule has 4 heteroatoms. The van der Waals surface area contributed by atoms with Crippen molar-refractivity contribution in [2.24, 2.45) is 5.92 Å². The molecule has 0 aliphatic carbocycles. The zero-order valence-electron chi connectivity index (χ0n) is 12.8. The Hall–Kier alpha value is -1.39. The Bertz CT molecular complexity index is 454. The van der Waals surface area contributed by atoms with Crippen molar-refractivity contribution in [3.8, 4) is 0 Å². The lowest BCUT2D eigenvalue weighted by atomic mass is 9.98. The number of hydrogen-bond acceptors (Lipinski definition) is 3. The number of likely N-dealkylation sites (tertiary alicyclic amines) is 1. The fourth-order valence-corrected chi connectivity index (χ4v) is 2.81. The van der Waals surface area contributed by atoms with Crippen molar-refractivity contribution in [3.63, 3.8) is 0 Å². The van der Waals surface area contributed by atoms with Crippen LogP contribution in [0.15, 0.2) is 24.3 Å². The maximum absolute atomic E-state index is 11.9. The summed E-state index contributed by atoms with van der Waals surface area (Å²) < 4.78 is 0. The summed E-state index contributed by atoms with van der Waals surface area (Å²) in [5.74, 6) is 0.524. The first-order valence-electron chi connectivity index (χ1n) is 7.83. The smallest absolute Gasteiger partial charge is 0.234 e. The summed E-state index contributed by atoms with van der Waals surface area (Å²) in [4.78, 5) is 14.1. The van der Waals surface area contributed by atoms with Crippen LogP contribution >= 0.6 is 0 Å². The first-order valence-corrected chi connectivity index (χ1v) is 7.83. The lowest BCUT2D eigenvalue weighted by molar-refractivity contribution is -0.122. The van der Waals surface area contributed by atoms with Crippen LogP contribution in [-0.2, 0) is 11.2 Å². The molecule has 1 aromatic rings. The molecule has 1 heterocycles. The maximum Gasteiger partial charge on any atom is 0.234 e. The summed E-state index contributed by atoms with van der Waals surface area (Å²) in [5.41, 5.74) is 2.57. The normalized spacial score (nSPS) is 16.9. The summed E-state index contributed by atoms with van der Waals surface area (Å²) >= 11 is 0. The molecule has 1 fully saturated rings. The largest absolute Gasteiger partial charge is 0.396 e. The van der Waals surface area contributed by atoms with Crippen LogP contribution in [0.2, 0.25) is 0 Å². The van der Waals surface area contributed by atoms with Gasteiger partial charge in [0, 0.05) is 13.2 Å². The molecule has 1 amide bonds. The molecule has 0 unspecified atom stereocenters. The fourth-order valence-electron chi connectivity index (χ4n) is 2.81. The van der Waals surface area contributed by atoms with Gasteiger partial charge in [-0.05, 0) is 56.3 Å². The highest BCUT2D eigenvalue weighted by atomic mass is 16.3. The minimum atomic E-state index is 0.103. The standard InChI is InChI=1S/C17H26N2O2/c1-14-4-2-3-5-16(14)6-9-18-17(21)12-19-10-7-15(13-20)8-11-19/h2-5,15,20H,6-13H2,1H3,(H,18,21). The van der Waals surface area contributed by atoms with Gasteiger partial charge in [0.25, 0.3) is 0 Å². The molecule has 1 aliphatic rings. The average Bonchev–Trinajstić information content (AvgIpc) is 2.50. The fraction of sp³-hybridized carbons (Fsp3) is 0.588. The van der Waals surface area contributed by atoms with Crippen LogP contribution in [-0.4, -0.2) is 48.7 Å². The van der Waals surface area contributed by atoms with Gasteiger partial charge in [-0.25, -0.2) is 0 Å². The first-order chi connectivity index (χ1) is 10.2. The van der Waals surface area contributed by atoms with Crippen molar-refractivity contribution < 1.29 is 9.90 Å². The first kappa shape index (κ1) is 16.0. The molecule has 0 atom stereocenters. The lowest BCUT2D eigenvalue weighted by Crippen LogP contribution is -2.42. The second-order valence-corrected chi connectivity index (χ2v) is 5.93. The van der Waals surface area contributed by atoms with E-state index in [4.69, 9.17) is 5.11 Å². The number of nitrogens with zero attached hydrogens (tertiary/aromatic N) is 1. The van der Waals surface area contributed by atoms with Crippen LogP contribution in [0.3, 0.4) is 0 Å². The average molecular weight is 290 g/mol. The molecule has 2 N–H and O–H groups in total. The van der Waals surface area contributed by atoms with Crippen LogP contribution in [0.5, 0.6) is 0 Å². The van der Waals surface area contributed by atoms with Gasteiger partial charge in [0.1, 0.15) is 0 Å². The van der Waals surface area contributed by atoms with Gasteiger partial charge in [0.2, 0.25) is 5.91 Å². The van der Waals surface area contributed by atoms with E-state index in [0.29, 0.717) is 19.0 Å². The van der Waals surface area contributed by atoms with E-state index in [1.807, 2.05) is 12.1 Å². The molecular formula is C17H26N2O2. The van der Waals surface area contributed by atoms with Gasteiger partial charge in [0.15, 0.2) is 0 Å². The van der Waals surface area contributed by atoms with Crippen molar-refractivity contribution in [1.82, 2.24) is 10.2 Å². The molecule has 116 valence electrons. The maximum atomic E-state index is 11.9. The molecule has 2 rings (SSSR count). The zero-order valence-corrected chi connectivity index (χ0v) is 12.8. The summed E-state index contributed by atoms with van der Waals surface area (Å²) in [6, 6.07) is 8.28. The minimum absolute atomic E-state index is 0.103. The van der Waals surface area contributed by atoms with Crippen LogP contribution < -0.4 is 5.32 Å². The van der Waals surface area contributed by atoms with Crippen LogP contribution in [0.25, 0.3) is 0 Å². The van der Waals surface area contributed by atoms with E-state index in [2.05, 4.69) is 29.3 Å². The van der Waals surface area contributed by atoms with Gasteiger partial charge >= 0.3 is 0 Å². The van der Waals surface area contributed by atoms with E-state index in [-0.39, 0.29) is 12.5 Å². The molecule has 1 aliphatic heterocycles. The quantitative estimate of drug-likeness (QED) is 0.832. The summed E-state index contributed by atoms with van der Waals surface area (Å²) in [5, 5.41) is 12.1. The third-order valence-electron chi connectivity index (χ3n) is 4.31. The van der Waals surface area contributed by atoms with Crippen LogP contribution in [0, 0.1) is 12.8 Å². The van der Waals surface area contributed by atoms with E-state index in [1.165, 1.54) is 11.1 Å². The number of rotatable bonds is 6. The molecule has 1 saturated heterocycles. The van der Waals surface area contributed by atoms with Gasteiger partial charge in [-0.1, -0.05) is 24.3 Å². The molecule has 0 saturated carbocycles. The predicted molar refractivity (Wildman–Crippen MR) is 84.1 cm³/mol. The number of piperidine rings is 1. The number of aryl methyl sites for hydroxylation is 1. The monoisotopic (exact) mass is 290 g/mol. The number of hydrogen-bond donors (Lipinski definition) is 2. The van der Waals surface area contributed by atoms with Gasteiger partial charge in [0.05, 0.1) is 6.54 Å². The predicted octanol–water partition coefficient (Wildman–Crippen LogP) is 1.36. The van der Waals surface area contributed by atoms with Gasteiger partial charge in [-0.15, -0.1) is 0 Å². The topological polar surface area (TPSA) is 52.6 Å². The SMILES string of the molecule is Cc1ccccc1CCNC(=O)CN1CCC(CO)CC1. The molecule has 0 spiro atoms. The number of carbonyl (C=O) groups excluding carboxylic acids is 1. The Morgan fingerprint density at radius 3 is 2.71 bits per heavy atom. The molecular weight excluding hydrogens is 264 g/mol. The van der Waals surface area contributed by atoms with Crippen molar-refractivity contribution in [2.45, 2.75) is 26.2 Å². The van der Waals surface area contributed by atoms with Gasteiger partial charge in [-0.2, -0.15) is 0 Å². The number of carbonyl (C=O) groups is 1. The van der Waals surface area contributed by atoms with E-state index in [9.17, 15) is 4.79 Å². The summed E-state index contributed by atoms with van der Waals surface area (Å²) in [7, 11) is 0. The molecule has 21 heavy (non-hydrogen) atoms. The lowest BCUT2D eigenvalue weighted by Gasteiger charge is -2.30. The molecule has 4 nitrogen and oxygen atoms in total. The third kappa shape index (κ3) is 5.14. The van der Waals surface area contributed by atoms with E-state index in [1.54, 1.807) is 0 Å². The second kappa shape index (κ2) is 8.15. The Morgan fingerprint density at radius 1 is 1.33 bits per heavy atom. The molecule has 0 bridgehead atoms. The molecule has 1 aromatic carbocycles. The van der Waals surface area contributed by atoms with Crippen molar-refractivity contribution in [3.05, 3.63) is 35.4 Å².